The average molecular weight is 186 g/mol. The molecule has 0 unspecified atom stereocenters. The molecular weight excluding hydrogens is 172 g/mol. The Labute approximate surface area is 84.2 Å². The van der Waals surface area contributed by atoms with Gasteiger partial charge in [0.2, 0.25) is 0 Å². The summed E-state index contributed by atoms with van der Waals surface area (Å²) in [5.41, 5.74) is 3.83. The third-order valence-corrected chi connectivity index (χ3v) is 2.44. The molecule has 0 atom stereocenters. The average Bonchev–Trinajstić information content (AvgIpc) is 2.70. The Morgan fingerprint density at radius 1 is 1.29 bits per heavy atom. The van der Waals surface area contributed by atoms with Crippen molar-refractivity contribution in [2.24, 2.45) is 0 Å². The molecule has 0 aliphatic rings. The molecule has 0 N–H and O–H groups in total. The fraction of sp³-hybridized carbons (Fsp3) is 0.250. The van der Waals surface area contributed by atoms with Gasteiger partial charge in [0, 0.05) is 12.4 Å². The number of aryl methyl sites for hydroxylation is 2. The lowest BCUT2D eigenvalue weighted by Crippen LogP contribution is -2.01. The summed E-state index contributed by atoms with van der Waals surface area (Å²) in [5.74, 6) is 0. The highest BCUT2D eigenvalue weighted by atomic mass is 15.3. The number of hydrogen-bond acceptors (Lipinski definition) is 1. The van der Waals surface area contributed by atoms with Crippen LogP contribution >= 0.6 is 0 Å². The maximum Gasteiger partial charge on any atom is 0.0706 e. The highest BCUT2D eigenvalue weighted by Gasteiger charge is 2.05. The van der Waals surface area contributed by atoms with Crippen LogP contribution in [-0.2, 0) is 6.42 Å². The largest absolute Gasteiger partial charge is 0.240 e. The molecule has 0 aliphatic carbocycles. The second kappa shape index (κ2) is 3.66. The summed E-state index contributed by atoms with van der Waals surface area (Å²) in [4.78, 5) is 0. The van der Waals surface area contributed by atoms with E-state index < -0.39 is 0 Å². The van der Waals surface area contributed by atoms with Gasteiger partial charge in [0.05, 0.1) is 5.69 Å². The van der Waals surface area contributed by atoms with Crippen LogP contribution in [0.1, 0.15) is 18.1 Å². The minimum atomic E-state index is 1.04. The number of nitrogens with zero attached hydrogens (tertiary/aromatic N) is 2. The van der Waals surface area contributed by atoms with Crippen LogP contribution in [0.4, 0.5) is 0 Å². The van der Waals surface area contributed by atoms with Gasteiger partial charge in [0.15, 0.2) is 0 Å². The molecule has 0 saturated heterocycles. The van der Waals surface area contributed by atoms with Crippen molar-refractivity contribution in [1.82, 2.24) is 9.78 Å². The molecule has 2 nitrogen and oxygen atoms in total. The summed E-state index contributed by atoms with van der Waals surface area (Å²) in [6.07, 6.45) is 4.84. The van der Waals surface area contributed by atoms with Crippen molar-refractivity contribution in [1.29, 1.82) is 0 Å². The molecule has 1 aromatic carbocycles. The van der Waals surface area contributed by atoms with E-state index in [9.17, 15) is 0 Å². The van der Waals surface area contributed by atoms with Gasteiger partial charge in [-0.1, -0.05) is 25.1 Å². The Hall–Kier alpha value is -1.57. The molecule has 14 heavy (non-hydrogen) atoms. The van der Waals surface area contributed by atoms with E-state index in [0.717, 1.165) is 6.42 Å². The van der Waals surface area contributed by atoms with Crippen molar-refractivity contribution < 1.29 is 0 Å². The third-order valence-electron chi connectivity index (χ3n) is 2.44. The van der Waals surface area contributed by atoms with E-state index in [1.165, 1.54) is 16.8 Å². The molecule has 0 fully saturated rings. The Bertz CT molecular complexity index is 416. The summed E-state index contributed by atoms with van der Waals surface area (Å²) >= 11 is 0. The standard InChI is InChI=1S/C12H14N2/c1-3-11-7-4-6-10(2)12(11)14-9-5-8-13-14/h4-9H,3H2,1-2H3. The summed E-state index contributed by atoms with van der Waals surface area (Å²) in [6, 6.07) is 8.33. The van der Waals surface area contributed by atoms with Crippen LogP contribution in [0.5, 0.6) is 0 Å². The monoisotopic (exact) mass is 186 g/mol. The minimum Gasteiger partial charge on any atom is -0.240 e. The van der Waals surface area contributed by atoms with Gasteiger partial charge in [-0.3, -0.25) is 0 Å². The fourth-order valence-electron chi connectivity index (χ4n) is 1.73. The van der Waals surface area contributed by atoms with Crippen LogP contribution in [-0.4, -0.2) is 9.78 Å². The molecule has 1 aromatic heterocycles. The zero-order valence-corrected chi connectivity index (χ0v) is 8.57. The predicted molar refractivity (Wildman–Crippen MR) is 57.7 cm³/mol. The molecule has 0 radical (unpaired) electrons. The lowest BCUT2D eigenvalue weighted by atomic mass is 10.1. The predicted octanol–water partition coefficient (Wildman–Crippen LogP) is 2.74. The lowest BCUT2D eigenvalue weighted by Gasteiger charge is -2.10. The first-order chi connectivity index (χ1) is 6.83. The molecule has 1 heterocycles. The van der Waals surface area contributed by atoms with Crippen LogP contribution in [0.2, 0.25) is 0 Å². The molecule has 0 spiro atoms. The summed E-state index contributed by atoms with van der Waals surface area (Å²) in [7, 11) is 0. The van der Waals surface area contributed by atoms with E-state index in [2.05, 4.69) is 37.1 Å². The van der Waals surface area contributed by atoms with Gasteiger partial charge < -0.3 is 0 Å². The number of aromatic nitrogens is 2. The zero-order chi connectivity index (χ0) is 9.97. The second-order valence-electron chi connectivity index (χ2n) is 3.39. The maximum absolute atomic E-state index is 4.27. The Balaban J connectivity index is 2.61. The van der Waals surface area contributed by atoms with E-state index in [1.807, 2.05) is 23.1 Å². The van der Waals surface area contributed by atoms with Crippen molar-refractivity contribution >= 4 is 0 Å². The smallest absolute Gasteiger partial charge is 0.0706 e. The van der Waals surface area contributed by atoms with Gasteiger partial charge >= 0.3 is 0 Å². The normalized spacial score (nSPS) is 10.4. The SMILES string of the molecule is CCc1cccc(C)c1-n1cccn1. The fourth-order valence-corrected chi connectivity index (χ4v) is 1.73. The van der Waals surface area contributed by atoms with Crippen LogP contribution in [0.3, 0.4) is 0 Å². The molecule has 0 amide bonds. The van der Waals surface area contributed by atoms with E-state index in [4.69, 9.17) is 0 Å². The maximum atomic E-state index is 4.27. The minimum absolute atomic E-state index is 1.04. The number of hydrogen-bond donors (Lipinski definition) is 0. The molecule has 0 aliphatic heterocycles. The molecular formula is C12H14N2. The van der Waals surface area contributed by atoms with Gasteiger partial charge in [0.25, 0.3) is 0 Å². The molecule has 72 valence electrons. The van der Waals surface area contributed by atoms with Crippen LogP contribution < -0.4 is 0 Å². The highest BCUT2D eigenvalue weighted by molar-refractivity contribution is 5.46. The van der Waals surface area contributed by atoms with Crippen LogP contribution in [0.25, 0.3) is 5.69 Å². The summed E-state index contributed by atoms with van der Waals surface area (Å²) < 4.78 is 1.94. The highest BCUT2D eigenvalue weighted by Crippen LogP contribution is 2.18. The number of rotatable bonds is 2. The molecule has 0 saturated carbocycles. The Morgan fingerprint density at radius 3 is 2.79 bits per heavy atom. The van der Waals surface area contributed by atoms with Crippen molar-refractivity contribution in [3.8, 4) is 5.69 Å². The number of para-hydroxylation sites is 1. The van der Waals surface area contributed by atoms with Gasteiger partial charge in [-0.15, -0.1) is 0 Å². The Kier molecular flexibility index (Phi) is 2.35. The topological polar surface area (TPSA) is 17.8 Å². The molecule has 2 rings (SSSR count). The van der Waals surface area contributed by atoms with E-state index in [-0.39, 0.29) is 0 Å². The second-order valence-corrected chi connectivity index (χ2v) is 3.39. The molecule has 2 heteroatoms. The van der Waals surface area contributed by atoms with E-state index >= 15 is 0 Å². The van der Waals surface area contributed by atoms with Crippen LogP contribution in [0.15, 0.2) is 36.7 Å². The van der Waals surface area contributed by atoms with Crippen molar-refractivity contribution in [2.75, 3.05) is 0 Å². The lowest BCUT2D eigenvalue weighted by molar-refractivity contribution is 0.855. The van der Waals surface area contributed by atoms with Gasteiger partial charge in [-0.2, -0.15) is 5.10 Å². The van der Waals surface area contributed by atoms with Crippen molar-refractivity contribution in [3.05, 3.63) is 47.8 Å². The van der Waals surface area contributed by atoms with E-state index in [1.54, 1.807) is 0 Å². The first-order valence-electron chi connectivity index (χ1n) is 4.91. The van der Waals surface area contributed by atoms with E-state index in [0.29, 0.717) is 0 Å². The van der Waals surface area contributed by atoms with Gasteiger partial charge in [-0.05, 0) is 30.5 Å². The first kappa shape index (κ1) is 9.00. The van der Waals surface area contributed by atoms with Crippen molar-refractivity contribution in [3.63, 3.8) is 0 Å². The van der Waals surface area contributed by atoms with Crippen LogP contribution in [0, 0.1) is 6.92 Å². The quantitative estimate of drug-likeness (QED) is 0.705. The summed E-state index contributed by atoms with van der Waals surface area (Å²) in [5, 5.41) is 4.27. The van der Waals surface area contributed by atoms with Gasteiger partial charge in [-0.25, -0.2) is 4.68 Å². The Morgan fingerprint density at radius 2 is 2.14 bits per heavy atom. The van der Waals surface area contributed by atoms with Gasteiger partial charge in [0.1, 0.15) is 0 Å². The number of benzene rings is 1. The third kappa shape index (κ3) is 1.43. The summed E-state index contributed by atoms with van der Waals surface area (Å²) in [6.45, 7) is 4.29. The molecule has 2 aromatic rings. The molecule has 0 bridgehead atoms. The zero-order valence-electron chi connectivity index (χ0n) is 8.57. The van der Waals surface area contributed by atoms with Crippen molar-refractivity contribution in [2.45, 2.75) is 20.3 Å². The first-order valence-corrected chi connectivity index (χ1v) is 4.91.